The lowest BCUT2D eigenvalue weighted by Gasteiger charge is -2.12. The molecule has 10 heavy (non-hydrogen) atoms. The fraction of sp³-hybridized carbons (Fsp3) is 1.00. The first kappa shape index (κ1) is 7.98. The van der Waals surface area contributed by atoms with E-state index >= 15 is 0 Å². The third-order valence-electron chi connectivity index (χ3n) is 1.35. The summed E-state index contributed by atoms with van der Waals surface area (Å²) in [4.78, 5) is 0. The Labute approximate surface area is 63.0 Å². The van der Waals surface area contributed by atoms with Crippen molar-refractivity contribution < 1.29 is 16.3 Å². The van der Waals surface area contributed by atoms with Crippen LogP contribution in [0.1, 0.15) is 21.1 Å². The summed E-state index contributed by atoms with van der Waals surface area (Å²) < 4.78 is 11.6. The summed E-state index contributed by atoms with van der Waals surface area (Å²) in [6.45, 7) is 1.61. The molecule has 2 N–H and O–H groups in total. The summed E-state index contributed by atoms with van der Waals surface area (Å²) in [5, 5.41) is 17.6. The number of ether oxygens (including phenoxy) is 1. The largest absolute Gasteiger partial charge is 0.394 e. The zero-order chi connectivity index (χ0) is 8.69. The molecule has 0 rings (SSSR count). The van der Waals surface area contributed by atoms with E-state index in [1.807, 2.05) is 0 Å². The van der Waals surface area contributed by atoms with Gasteiger partial charge in [0, 0.05) is 7.09 Å². The van der Waals surface area contributed by atoms with Gasteiger partial charge >= 0.3 is 0 Å². The van der Waals surface area contributed by atoms with Crippen LogP contribution in [-0.2, 0) is 4.74 Å². The lowest BCUT2D eigenvalue weighted by Crippen LogP contribution is -2.17. The summed E-state index contributed by atoms with van der Waals surface area (Å²) in [5.74, 6) is 0. The molecule has 0 spiro atoms. The van der Waals surface area contributed by atoms with E-state index in [0.29, 0.717) is 12.8 Å². The molecule has 0 aliphatic heterocycles. The highest BCUT2D eigenvalue weighted by Gasteiger charge is 2.06. The Hall–Kier alpha value is -0.120. The van der Waals surface area contributed by atoms with Crippen molar-refractivity contribution in [3.63, 3.8) is 0 Å². The summed E-state index contributed by atoms with van der Waals surface area (Å²) in [6.07, 6.45) is 0.554. The molecule has 0 saturated heterocycles. The Morgan fingerprint density at radius 2 is 2.30 bits per heavy atom. The Morgan fingerprint density at radius 3 is 2.70 bits per heavy atom. The Balaban J connectivity index is 3.35. The van der Waals surface area contributed by atoms with E-state index in [4.69, 9.17) is 16.3 Å². The number of aliphatic hydroxyl groups is 2. The van der Waals surface area contributed by atoms with Gasteiger partial charge in [-0.25, -0.2) is 0 Å². The first-order chi connectivity index (χ1) is 5.20. The van der Waals surface area contributed by atoms with E-state index < -0.39 is 0 Å². The lowest BCUT2D eigenvalue weighted by atomic mass is 10.1. The maximum absolute atomic E-state index is 8.88. The maximum atomic E-state index is 8.88. The molecule has 3 nitrogen and oxygen atoms in total. The molecule has 0 saturated carbocycles. The van der Waals surface area contributed by atoms with Crippen molar-refractivity contribution in [2.45, 2.75) is 32.0 Å². The minimum atomic E-state index is -0.363. The van der Waals surface area contributed by atoms with Gasteiger partial charge in [-0.1, -0.05) is 0 Å². The van der Waals surface area contributed by atoms with Gasteiger partial charge in [0.05, 0.1) is 20.2 Å². The number of methoxy groups -OCH3 is 1. The van der Waals surface area contributed by atoms with Crippen LogP contribution in [0, 0.1) is 0 Å². The van der Waals surface area contributed by atoms with Crippen LogP contribution in [0.25, 0.3) is 0 Å². The van der Waals surface area contributed by atoms with E-state index in [0.717, 1.165) is 0 Å². The molecule has 0 fully saturated rings. The van der Waals surface area contributed by atoms with Crippen LogP contribution in [0.4, 0.5) is 0 Å². The van der Waals surface area contributed by atoms with Crippen LogP contribution in [0.2, 0.25) is 0 Å². The molecular weight excluding hydrogens is 132 g/mol. The standard InChI is InChI=1S/C7H16O3/c1-6(9)3-4-7(5-8)10-2/h6-9H,3-5H2,1-2H3/t6-,7+/m1/s1/i2D. The van der Waals surface area contributed by atoms with Crippen LogP contribution in [0.15, 0.2) is 0 Å². The first-order valence-corrected chi connectivity index (χ1v) is 3.40. The topological polar surface area (TPSA) is 49.7 Å². The third kappa shape index (κ3) is 4.73. The van der Waals surface area contributed by atoms with Gasteiger partial charge in [0.15, 0.2) is 0 Å². The van der Waals surface area contributed by atoms with Crippen LogP contribution in [0.3, 0.4) is 0 Å². The highest BCUT2D eigenvalue weighted by atomic mass is 16.5. The highest BCUT2D eigenvalue weighted by Crippen LogP contribution is 2.02. The van der Waals surface area contributed by atoms with Gasteiger partial charge in [-0.05, 0) is 19.8 Å². The number of rotatable bonds is 5. The van der Waals surface area contributed by atoms with Crippen LogP contribution < -0.4 is 0 Å². The SMILES string of the molecule is [2H]CO[C@H](CO)CC[C@@H](C)O. The fourth-order valence-electron chi connectivity index (χ4n) is 0.654. The molecule has 62 valence electrons. The molecule has 0 aliphatic carbocycles. The van der Waals surface area contributed by atoms with Gasteiger partial charge in [0.2, 0.25) is 0 Å². The van der Waals surface area contributed by atoms with Crippen LogP contribution >= 0.6 is 0 Å². The van der Waals surface area contributed by atoms with Gasteiger partial charge in [0.25, 0.3) is 0 Å². The zero-order valence-corrected chi connectivity index (χ0v) is 6.29. The summed E-state index contributed by atoms with van der Waals surface area (Å²) in [7, 11) is -0.134. The summed E-state index contributed by atoms with van der Waals surface area (Å²) in [6, 6.07) is 0. The second-order valence-corrected chi connectivity index (χ2v) is 2.40. The van der Waals surface area contributed by atoms with Crippen molar-refractivity contribution in [1.82, 2.24) is 0 Å². The lowest BCUT2D eigenvalue weighted by molar-refractivity contribution is 0.0328. The highest BCUT2D eigenvalue weighted by molar-refractivity contribution is 4.57. The smallest absolute Gasteiger partial charge is 0.0802 e. The average molecular weight is 149 g/mol. The quantitative estimate of drug-likeness (QED) is 0.585. The molecule has 0 aromatic carbocycles. The fourth-order valence-corrected chi connectivity index (χ4v) is 0.654. The van der Waals surface area contributed by atoms with Gasteiger partial charge in [-0.15, -0.1) is 0 Å². The molecule has 0 aliphatic rings. The molecule has 3 heteroatoms. The van der Waals surface area contributed by atoms with Crippen molar-refractivity contribution in [2.24, 2.45) is 0 Å². The minimum Gasteiger partial charge on any atom is -0.394 e. The third-order valence-corrected chi connectivity index (χ3v) is 1.35. The van der Waals surface area contributed by atoms with Crippen LogP contribution in [-0.4, -0.2) is 36.1 Å². The molecule has 0 aromatic rings. The number of hydrogen-bond acceptors (Lipinski definition) is 3. The van der Waals surface area contributed by atoms with E-state index in [1.54, 1.807) is 6.92 Å². The maximum Gasteiger partial charge on any atom is 0.0802 e. The van der Waals surface area contributed by atoms with Crippen molar-refractivity contribution in [1.29, 1.82) is 0 Å². The van der Waals surface area contributed by atoms with Gasteiger partial charge in [-0.3, -0.25) is 0 Å². The normalized spacial score (nSPS) is 18.1. The Bertz CT molecular complexity index is 87.8. The first-order valence-electron chi connectivity index (χ1n) is 4.11. The van der Waals surface area contributed by atoms with Gasteiger partial charge in [-0.2, -0.15) is 0 Å². The summed E-state index contributed by atoms with van der Waals surface area (Å²) >= 11 is 0. The molecule has 0 amide bonds. The molecule has 0 heterocycles. The Kier molecular flexibility index (Phi) is 4.51. The van der Waals surface area contributed by atoms with E-state index in [-0.39, 0.29) is 25.9 Å². The molecule has 0 radical (unpaired) electrons. The average Bonchev–Trinajstić information content (AvgIpc) is 1.97. The van der Waals surface area contributed by atoms with Crippen molar-refractivity contribution in [3.8, 4) is 0 Å². The number of aliphatic hydroxyl groups excluding tert-OH is 2. The number of hydrogen-bond donors (Lipinski definition) is 2. The second kappa shape index (κ2) is 5.65. The zero-order valence-electron chi connectivity index (χ0n) is 7.29. The van der Waals surface area contributed by atoms with Crippen molar-refractivity contribution in [2.75, 3.05) is 13.7 Å². The van der Waals surface area contributed by atoms with Crippen molar-refractivity contribution >= 4 is 0 Å². The molecule has 0 bridgehead atoms. The molecule has 0 aromatic heterocycles. The van der Waals surface area contributed by atoms with Gasteiger partial charge in [0.1, 0.15) is 0 Å². The monoisotopic (exact) mass is 149 g/mol. The van der Waals surface area contributed by atoms with Gasteiger partial charge < -0.3 is 14.9 Å². The molecule has 2 atom stereocenters. The summed E-state index contributed by atoms with van der Waals surface area (Å²) in [5.41, 5.74) is 0. The van der Waals surface area contributed by atoms with Crippen molar-refractivity contribution in [3.05, 3.63) is 0 Å². The van der Waals surface area contributed by atoms with E-state index in [2.05, 4.69) is 0 Å². The van der Waals surface area contributed by atoms with E-state index in [1.165, 1.54) is 0 Å². The van der Waals surface area contributed by atoms with E-state index in [9.17, 15) is 0 Å². The second-order valence-electron chi connectivity index (χ2n) is 2.40. The molecular formula is C7H16O3. The predicted octanol–water partition coefficient (Wildman–Crippen LogP) is 0.155. The minimum absolute atomic E-state index is 0.0778. The Morgan fingerprint density at radius 1 is 1.60 bits per heavy atom. The predicted molar refractivity (Wildman–Crippen MR) is 38.8 cm³/mol. The van der Waals surface area contributed by atoms with Crippen LogP contribution in [0.5, 0.6) is 0 Å². The molecule has 0 unspecified atom stereocenters.